The number of carbonyl (C=O) groups is 1. The molecular formula is C11H16O2. The Morgan fingerprint density at radius 2 is 2.46 bits per heavy atom. The Hall–Kier alpha value is -1.05. The lowest BCUT2D eigenvalue weighted by Crippen LogP contribution is -2.15. The number of carbonyl (C=O) groups excluding carboxylic acids is 1. The summed E-state index contributed by atoms with van der Waals surface area (Å²) in [7, 11) is 0. The Bertz CT molecular complexity index is 228. The first-order valence-corrected chi connectivity index (χ1v) is 4.78. The molecule has 13 heavy (non-hydrogen) atoms. The van der Waals surface area contributed by atoms with Gasteiger partial charge in [-0.1, -0.05) is 18.7 Å². The van der Waals surface area contributed by atoms with E-state index in [0.717, 1.165) is 19.3 Å². The highest BCUT2D eigenvalue weighted by Crippen LogP contribution is 2.23. The van der Waals surface area contributed by atoms with E-state index < -0.39 is 0 Å². The molecule has 1 rings (SSSR count). The molecule has 0 N–H and O–H groups in total. The summed E-state index contributed by atoms with van der Waals surface area (Å²) in [6, 6.07) is 0. The highest BCUT2D eigenvalue weighted by molar-refractivity contribution is 5.88. The molecule has 0 saturated carbocycles. The number of hydrogen-bond acceptors (Lipinski definition) is 2. The van der Waals surface area contributed by atoms with Gasteiger partial charge in [-0.25, -0.2) is 4.79 Å². The third-order valence-corrected chi connectivity index (χ3v) is 2.24. The Kier molecular flexibility index (Phi) is 3.74. The lowest BCUT2D eigenvalue weighted by Gasteiger charge is -2.17. The molecule has 0 amide bonds. The third-order valence-electron chi connectivity index (χ3n) is 2.24. The molecule has 0 aromatic carbocycles. The molecule has 0 saturated heterocycles. The van der Waals surface area contributed by atoms with Crippen LogP contribution in [-0.2, 0) is 9.53 Å². The van der Waals surface area contributed by atoms with Crippen LogP contribution in [0.5, 0.6) is 0 Å². The summed E-state index contributed by atoms with van der Waals surface area (Å²) in [5.74, 6) is -0.0492. The van der Waals surface area contributed by atoms with E-state index in [1.54, 1.807) is 0 Å². The van der Waals surface area contributed by atoms with Crippen LogP contribution < -0.4 is 0 Å². The summed E-state index contributed by atoms with van der Waals surface area (Å²) in [6.45, 7) is 6.00. The van der Waals surface area contributed by atoms with E-state index >= 15 is 0 Å². The molecule has 0 aromatic rings. The van der Waals surface area contributed by atoms with Crippen molar-refractivity contribution in [2.24, 2.45) is 5.92 Å². The SMILES string of the molecule is C=C(C(=O)OCC)C1C=CCCC1. The zero-order chi connectivity index (χ0) is 9.68. The maximum atomic E-state index is 11.3. The van der Waals surface area contributed by atoms with Crippen molar-refractivity contribution in [3.8, 4) is 0 Å². The standard InChI is InChI=1S/C11H16O2/c1-3-13-11(12)9(2)10-7-5-4-6-8-10/h5,7,10H,2-4,6,8H2,1H3. The summed E-state index contributed by atoms with van der Waals surface area (Å²) < 4.78 is 4.88. The minimum atomic E-state index is -0.251. The van der Waals surface area contributed by atoms with Crippen LogP contribution in [0, 0.1) is 5.92 Å². The number of allylic oxidation sites excluding steroid dienone is 2. The van der Waals surface area contributed by atoms with Gasteiger partial charge in [-0.05, 0) is 26.2 Å². The second kappa shape index (κ2) is 4.85. The average molecular weight is 180 g/mol. The van der Waals surface area contributed by atoms with Gasteiger partial charge in [0.2, 0.25) is 0 Å². The van der Waals surface area contributed by atoms with E-state index in [9.17, 15) is 4.79 Å². The molecule has 1 unspecified atom stereocenters. The first kappa shape index (κ1) is 10.0. The van der Waals surface area contributed by atoms with Gasteiger partial charge in [-0.2, -0.15) is 0 Å². The van der Waals surface area contributed by atoms with Gasteiger partial charge in [0, 0.05) is 11.5 Å². The van der Waals surface area contributed by atoms with Crippen molar-refractivity contribution in [3.63, 3.8) is 0 Å². The Morgan fingerprint density at radius 3 is 3.00 bits per heavy atom. The predicted octanol–water partition coefficient (Wildman–Crippen LogP) is 2.46. The van der Waals surface area contributed by atoms with Crippen LogP contribution in [0.2, 0.25) is 0 Å². The van der Waals surface area contributed by atoms with Crippen LogP contribution in [0.4, 0.5) is 0 Å². The number of ether oxygens (including phenoxy) is 1. The molecule has 2 nitrogen and oxygen atoms in total. The van der Waals surface area contributed by atoms with Crippen LogP contribution in [0.1, 0.15) is 26.2 Å². The fourth-order valence-electron chi connectivity index (χ4n) is 1.48. The van der Waals surface area contributed by atoms with E-state index in [4.69, 9.17) is 4.74 Å². The molecule has 0 radical (unpaired) electrons. The normalized spacial score (nSPS) is 21.2. The second-order valence-electron chi connectivity index (χ2n) is 3.21. The van der Waals surface area contributed by atoms with Crippen LogP contribution in [0.25, 0.3) is 0 Å². The number of rotatable bonds is 3. The van der Waals surface area contributed by atoms with Crippen molar-refractivity contribution in [1.82, 2.24) is 0 Å². The van der Waals surface area contributed by atoms with E-state index in [1.807, 2.05) is 6.92 Å². The van der Waals surface area contributed by atoms with Crippen LogP contribution >= 0.6 is 0 Å². The average Bonchev–Trinajstić information content (AvgIpc) is 2.18. The van der Waals surface area contributed by atoms with E-state index in [0.29, 0.717) is 12.2 Å². The van der Waals surface area contributed by atoms with Crippen LogP contribution in [0.3, 0.4) is 0 Å². The Balaban J connectivity index is 2.50. The first-order chi connectivity index (χ1) is 6.25. The molecule has 0 heterocycles. The van der Waals surface area contributed by atoms with Gasteiger partial charge in [0.25, 0.3) is 0 Å². The van der Waals surface area contributed by atoms with Gasteiger partial charge < -0.3 is 4.74 Å². The number of hydrogen-bond donors (Lipinski definition) is 0. The van der Waals surface area contributed by atoms with Crippen LogP contribution in [0.15, 0.2) is 24.3 Å². The van der Waals surface area contributed by atoms with E-state index in [2.05, 4.69) is 18.7 Å². The van der Waals surface area contributed by atoms with E-state index in [1.165, 1.54) is 0 Å². The zero-order valence-corrected chi connectivity index (χ0v) is 8.08. The largest absolute Gasteiger partial charge is 0.463 e. The lowest BCUT2D eigenvalue weighted by molar-refractivity contribution is -0.139. The smallest absolute Gasteiger partial charge is 0.333 e. The van der Waals surface area contributed by atoms with Crippen molar-refractivity contribution in [1.29, 1.82) is 0 Å². The second-order valence-corrected chi connectivity index (χ2v) is 3.21. The quantitative estimate of drug-likeness (QED) is 0.379. The summed E-state index contributed by atoms with van der Waals surface area (Å²) in [6.07, 6.45) is 7.45. The minimum Gasteiger partial charge on any atom is -0.463 e. The molecule has 0 aromatic heterocycles. The molecule has 1 atom stereocenters. The molecule has 1 aliphatic rings. The third kappa shape index (κ3) is 2.72. The highest BCUT2D eigenvalue weighted by Gasteiger charge is 2.18. The molecule has 1 aliphatic carbocycles. The molecule has 0 fully saturated rings. The van der Waals surface area contributed by atoms with E-state index in [-0.39, 0.29) is 11.9 Å². The summed E-state index contributed by atoms with van der Waals surface area (Å²) >= 11 is 0. The summed E-state index contributed by atoms with van der Waals surface area (Å²) in [5, 5.41) is 0. The van der Waals surface area contributed by atoms with Gasteiger partial charge in [-0.15, -0.1) is 0 Å². The lowest BCUT2D eigenvalue weighted by atomic mass is 9.90. The molecule has 0 spiro atoms. The van der Waals surface area contributed by atoms with Crippen molar-refractivity contribution in [2.45, 2.75) is 26.2 Å². The van der Waals surface area contributed by atoms with Gasteiger partial charge in [-0.3, -0.25) is 0 Å². The monoisotopic (exact) mass is 180 g/mol. The number of esters is 1. The van der Waals surface area contributed by atoms with Crippen molar-refractivity contribution in [2.75, 3.05) is 6.61 Å². The summed E-state index contributed by atoms with van der Waals surface area (Å²) in [4.78, 5) is 11.3. The highest BCUT2D eigenvalue weighted by atomic mass is 16.5. The van der Waals surface area contributed by atoms with Gasteiger partial charge in [0.1, 0.15) is 0 Å². The van der Waals surface area contributed by atoms with Crippen molar-refractivity contribution < 1.29 is 9.53 Å². The minimum absolute atomic E-state index is 0.202. The molecule has 0 bridgehead atoms. The maximum Gasteiger partial charge on any atom is 0.333 e. The van der Waals surface area contributed by atoms with Crippen molar-refractivity contribution >= 4 is 5.97 Å². The van der Waals surface area contributed by atoms with Crippen LogP contribution in [-0.4, -0.2) is 12.6 Å². The zero-order valence-electron chi connectivity index (χ0n) is 8.08. The van der Waals surface area contributed by atoms with Gasteiger partial charge in [0.15, 0.2) is 0 Å². The van der Waals surface area contributed by atoms with Crippen molar-refractivity contribution in [3.05, 3.63) is 24.3 Å². The fourth-order valence-corrected chi connectivity index (χ4v) is 1.48. The predicted molar refractivity (Wildman–Crippen MR) is 52.3 cm³/mol. The molecule has 0 aliphatic heterocycles. The molecule has 2 heteroatoms. The Labute approximate surface area is 79.3 Å². The van der Waals surface area contributed by atoms with Gasteiger partial charge >= 0.3 is 5.97 Å². The maximum absolute atomic E-state index is 11.3. The topological polar surface area (TPSA) is 26.3 Å². The van der Waals surface area contributed by atoms with Gasteiger partial charge in [0.05, 0.1) is 6.61 Å². The first-order valence-electron chi connectivity index (χ1n) is 4.78. The fraction of sp³-hybridized carbons (Fsp3) is 0.545. The molecule has 72 valence electrons. The molecular weight excluding hydrogens is 164 g/mol. The summed E-state index contributed by atoms with van der Waals surface area (Å²) in [5.41, 5.74) is 0.595. The Morgan fingerprint density at radius 1 is 1.69 bits per heavy atom.